The third kappa shape index (κ3) is 7.86. The average molecular weight is 553 g/mol. The Morgan fingerprint density at radius 2 is 1.17 bits per heavy atom. The van der Waals surface area contributed by atoms with E-state index in [2.05, 4.69) is 23.7 Å². The van der Waals surface area contributed by atoms with Crippen molar-refractivity contribution in [3.8, 4) is 29.4 Å². The van der Waals surface area contributed by atoms with Gasteiger partial charge in [0.25, 0.3) is 0 Å². The summed E-state index contributed by atoms with van der Waals surface area (Å²) in [5, 5.41) is 32.9. The normalized spacial score (nSPS) is 22.6. The minimum atomic E-state index is -1.70. The number of benzene rings is 1. The van der Waals surface area contributed by atoms with E-state index in [0.717, 1.165) is 5.56 Å². The summed E-state index contributed by atoms with van der Waals surface area (Å²) in [5.74, 6) is 11.4. The summed E-state index contributed by atoms with van der Waals surface area (Å²) in [7, 11) is 0. The van der Waals surface area contributed by atoms with Gasteiger partial charge < -0.3 is 15.3 Å². The first-order valence-electron chi connectivity index (χ1n) is 13.6. The molecule has 0 heterocycles. The lowest BCUT2D eigenvalue weighted by Gasteiger charge is -2.27. The molecule has 0 spiro atoms. The van der Waals surface area contributed by atoms with Crippen LogP contribution in [0.25, 0.3) is 6.08 Å². The third-order valence-electron chi connectivity index (χ3n) is 6.79. The van der Waals surface area contributed by atoms with E-state index in [-0.39, 0.29) is 28.3 Å². The van der Waals surface area contributed by atoms with Gasteiger partial charge in [-0.05, 0) is 82.0 Å². The van der Waals surface area contributed by atoms with Crippen molar-refractivity contribution >= 4 is 17.6 Å². The molecule has 2 unspecified atom stereocenters. The van der Waals surface area contributed by atoms with Crippen molar-refractivity contribution in [2.45, 2.75) is 78.9 Å². The molecule has 1 aromatic carbocycles. The predicted molar refractivity (Wildman–Crippen MR) is 164 cm³/mol. The lowest BCUT2D eigenvalue weighted by Crippen LogP contribution is -2.30. The maximum atomic E-state index is 12.4. The summed E-state index contributed by atoms with van der Waals surface area (Å²) in [5.41, 5.74) is -2.06. The first-order valence-corrected chi connectivity index (χ1v) is 13.6. The van der Waals surface area contributed by atoms with Crippen molar-refractivity contribution in [1.29, 1.82) is 0 Å². The Bertz CT molecular complexity index is 1470. The quantitative estimate of drug-likeness (QED) is 0.385. The van der Waals surface area contributed by atoms with Gasteiger partial charge in [0, 0.05) is 11.1 Å². The van der Waals surface area contributed by atoms with Crippen molar-refractivity contribution in [2.24, 2.45) is 10.8 Å². The number of phenolic OH excluding ortho intramolecular Hbond substituents is 1. The number of ketones is 2. The number of aliphatic hydroxyl groups is 2. The molecule has 2 atom stereocenters. The summed E-state index contributed by atoms with van der Waals surface area (Å²) < 4.78 is 0. The number of phenols is 1. The SMILES string of the molecule is CC(C)(C)C1=CC(O)(C#CC(C#CC2(O)C=CC(=O)C(C(C)(C)C)=C2)=Cc2ccc(O)c(C(C)(C)C)c2)C=CC1=O. The molecule has 0 amide bonds. The van der Waals surface area contributed by atoms with E-state index in [1.165, 1.54) is 36.5 Å². The number of hydrogen-bond acceptors (Lipinski definition) is 5. The molecule has 3 N–H and O–H groups in total. The van der Waals surface area contributed by atoms with E-state index >= 15 is 0 Å². The van der Waals surface area contributed by atoms with E-state index in [1.807, 2.05) is 68.4 Å². The van der Waals surface area contributed by atoms with Gasteiger partial charge in [0.1, 0.15) is 5.75 Å². The number of allylic oxidation sites excluding steroid dienone is 5. The van der Waals surface area contributed by atoms with Gasteiger partial charge in [0.2, 0.25) is 0 Å². The van der Waals surface area contributed by atoms with E-state index in [4.69, 9.17) is 0 Å². The molecule has 0 fully saturated rings. The lowest BCUT2D eigenvalue weighted by atomic mass is 9.78. The molecule has 2 aliphatic rings. The Labute approximate surface area is 244 Å². The third-order valence-corrected chi connectivity index (χ3v) is 6.79. The second kappa shape index (κ2) is 10.8. The van der Waals surface area contributed by atoms with E-state index in [1.54, 1.807) is 18.2 Å². The van der Waals surface area contributed by atoms with Gasteiger partial charge in [-0.1, -0.05) is 92.1 Å². The maximum Gasteiger partial charge on any atom is 0.182 e. The zero-order valence-electron chi connectivity index (χ0n) is 25.4. The molecular weight excluding hydrogens is 512 g/mol. The Balaban J connectivity index is 2.18. The second-order valence-electron chi connectivity index (χ2n) is 13.7. The van der Waals surface area contributed by atoms with Crippen molar-refractivity contribution in [3.05, 3.63) is 82.5 Å². The number of carbonyl (C=O) groups is 2. The number of aromatic hydroxyl groups is 1. The van der Waals surface area contributed by atoms with Crippen molar-refractivity contribution in [3.63, 3.8) is 0 Å². The molecule has 214 valence electrons. The molecule has 0 bridgehead atoms. The summed E-state index contributed by atoms with van der Waals surface area (Å²) >= 11 is 0. The molecule has 0 saturated carbocycles. The van der Waals surface area contributed by atoms with Crippen LogP contribution in [-0.2, 0) is 15.0 Å². The van der Waals surface area contributed by atoms with Crippen LogP contribution < -0.4 is 0 Å². The van der Waals surface area contributed by atoms with Gasteiger partial charge in [-0.2, -0.15) is 0 Å². The predicted octanol–water partition coefficient (Wildman–Crippen LogP) is 5.76. The number of carbonyl (C=O) groups excluding carboxylic acids is 2. The molecule has 0 radical (unpaired) electrons. The van der Waals surface area contributed by atoms with Gasteiger partial charge >= 0.3 is 0 Å². The van der Waals surface area contributed by atoms with Crippen LogP contribution in [-0.4, -0.2) is 38.1 Å². The molecule has 5 nitrogen and oxygen atoms in total. The second-order valence-corrected chi connectivity index (χ2v) is 13.7. The van der Waals surface area contributed by atoms with Gasteiger partial charge in [-0.25, -0.2) is 0 Å². The Morgan fingerprint density at radius 3 is 1.56 bits per heavy atom. The first-order chi connectivity index (χ1) is 18.6. The van der Waals surface area contributed by atoms with E-state index in [0.29, 0.717) is 16.7 Å². The standard InChI is InChI=1S/C36H40O5/c1-32(2,3)26-21-25(10-11-29(26)37)20-24(12-16-35(40)18-14-30(38)27(22-35)33(4,5)6)13-17-36(41)19-15-31(39)28(23-36)34(7,8)9/h10-11,14-15,18-23,37,40-41H,1-9H3. The smallest absolute Gasteiger partial charge is 0.182 e. The highest BCUT2D eigenvalue weighted by Crippen LogP contribution is 2.34. The minimum absolute atomic E-state index is 0.172. The van der Waals surface area contributed by atoms with Gasteiger partial charge in [0.05, 0.1) is 5.57 Å². The van der Waals surface area contributed by atoms with Crippen LogP contribution in [0.1, 0.15) is 73.4 Å². The fourth-order valence-electron chi connectivity index (χ4n) is 4.44. The van der Waals surface area contributed by atoms with E-state index in [9.17, 15) is 24.9 Å². The summed E-state index contributed by atoms with van der Waals surface area (Å²) in [6.45, 7) is 17.3. The summed E-state index contributed by atoms with van der Waals surface area (Å²) in [6.07, 6.45) is 9.99. The van der Waals surface area contributed by atoms with Crippen LogP contribution in [0.15, 0.2) is 71.4 Å². The van der Waals surface area contributed by atoms with Gasteiger partial charge in [0.15, 0.2) is 22.8 Å². The highest BCUT2D eigenvalue weighted by atomic mass is 16.3. The van der Waals surface area contributed by atoms with Crippen LogP contribution in [0.5, 0.6) is 5.75 Å². The fourth-order valence-corrected chi connectivity index (χ4v) is 4.44. The molecular formula is C36H40O5. The molecule has 3 rings (SSSR count). The van der Waals surface area contributed by atoms with Crippen LogP contribution in [0.3, 0.4) is 0 Å². The Kier molecular flexibility index (Phi) is 8.35. The minimum Gasteiger partial charge on any atom is -0.508 e. The molecule has 2 aliphatic carbocycles. The lowest BCUT2D eigenvalue weighted by molar-refractivity contribution is -0.113. The van der Waals surface area contributed by atoms with Crippen molar-refractivity contribution in [1.82, 2.24) is 0 Å². The zero-order valence-corrected chi connectivity index (χ0v) is 25.4. The zero-order chi connectivity index (χ0) is 31.0. The molecule has 5 heteroatoms. The molecule has 0 saturated heterocycles. The van der Waals surface area contributed by atoms with Gasteiger partial charge in [-0.3, -0.25) is 9.59 Å². The highest BCUT2D eigenvalue weighted by Gasteiger charge is 2.33. The van der Waals surface area contributed by atoms with Crippen LogP contribution in [0.2, 0.25) is 0 Å². The van der Waals surface area contributed by atoms with Gasteiger partial charge in [-0.15, -0.1) is 0 Å². The first kappa shape index (κ1) is 31.6. The summed E-state index contributed by atoms with van der Waals surface area (Å²) in [6, 6.07) is 5.17. The topological polar surface area (TPSA) is 94.8 Å². The average Bonchev–Trinajstić information content (AvgIpc) is 2.83. The highest BCUT2D eigenvalue weighted by molar-refractivity contribution is 6.07. The monoisotopic (exact) mass is 552 g/mol. The number of hydrogen-bond donors (Lipinski definition) is 3. The van der Waals surface area contributed by atoms with Crippen LogP contribution in [0, 0.1) is 34.5 Å². The molecule has 0 aliphatic heterocycles. The van der Waals surface area contributed by atoms with Crippen LogP contribution in [0.4, 0.5) is 0 Å². The Morgan fingerprint density at radius 1 is 0.732 bits per heavy atom. The number of rotatable bonds is 1. The van der Waals surface area contributed by atoms with Crippen molar-refractivity contribution in [2.75, 3.05) is 0 Å². The van der Waals surface area contributed by atoms with Crippen molar-refractivity contribution < 1.29 is 24.9 Å². The fraction of sp³-hybridized carbons (Fsp3) is 0.389. The molecule has 41 heavy (non-hydrogen) atoms. The molecule has 1 aromatic rings. The largest absolute Gasteiger partial charge is 0.508 e. The summed E-state index contributed by atoms with van der Waals surface area (Å²) in [4.78, 5) is 24.9. The van der Waals surface area contributed by atoms with Crippen LogP contribution >= 0.6 is 0 Å². The Hall–Kier alpha value is -3.90. The maximum absolute atomic E-state index is 12.4. The molecule has 0 aromatic heterocycles. The van der Waals surface area contributed by atoms with E-state index < -0.39 is 22.0 Å².